The average molecular weight is 323 g/mol. The van der Waals surface area contributed by atoms with Crippen LogP contribution >= 0.6 is 0 Å². The number of aromatic nitrogens is 1. The highest BCUT2D eigenvalue weighted by atomic mass is 16.6. The number of fused-ring (bicyclic) bond motifs is 1. The van der Waals surface area contributed by atoms with Crippen molar-refractivity contribution < 1.29 is 9.66 Å². The second kappa shape index (κ2) is 6.16. The summed E-state index contributed by atoms with van der Waals surface area (Å²) >= 11 is 0. The Bertz CT molecular complexity index is 958. The number of rotatable bonds is 4. The number of methoxy groups -OCH3 is 1. The number of non-ortho nitro benzene ring substituents is 1. The number of nitro benzene ring substituents is 1. The third-order valence-corrected chi connectivity index (χ3v) is 4.15. The molecule has 122 valence electrons. The molecular formula is C18H17N3O3. The fourth-order valence-electron chi connectivity index (χ4n) is 2.74. The molecule has 0 saturated heterocycles. The summed E-state index contributed by atoms with van der Waals surface area (Å²) in [5.41, 5.74) is 3.56. The number of ether oxygens (including phenoxy) is 1. The first-order chi connectivity index (χ1) is 11.5. The van der Waals surface area contributed by atoms with Gasteiger partial charge in [0, 0.05) is 47.6 Å². The second-order valence-electron chi connectivity index (χ2n) is 5.45. The van der Waals surface area contributed by atoms with Crippen molar-refractivity contribution in [2.75, 3.05) is 7.11 Å². The van der Waals surface area contributed by atoms with Crippen molar-refractivity contribution in [3.8, 4) is 5.75 Å². The van der Waals surface area contributed by atoms with E-state index in [2.05, 4.69) is 4.99 Å². The molecule has 3 aromatic rings. The van der Waals surface area contributed by atoms with E-state index in [1.54, 1.807) is 25.5 Å². The molecule has 0 atom stereocenters. The van der Waals surface area contributed by atoms with E-state index in [0.29, 0.717) is 11.4 Å². The summed E-state index contributed by atoms with van der Waals surface area (Å²) in [4.78, 5) is 15.2. The number of aryl methyl sites for hydroxylation is 1. The molecule has 2 aromatic carbocycles. The van der Waals surface area contributed by atoms with Crippen molar-refractivity contribution in [2.24, 2.45) is 12.0 Å². The van der Waals surface area contributed by atoms with Crippen LogP contribution in [0.5, 0.6) is 5.75 Å². The quantitative estimate of drug-likeness (QED) is 0.411. The summed E-state index contributed by atoms with van der Waals surface area (Å²) in [5, 5.41) is 11.9. The summed E-state index contributed by atoms with van der Waals surface area (Å²) in [7, 11) is 3.53. The van der Waals surface area contributed by atoms with Crippen LogP contribution in [0.25, 0.3) is 10.9 Å². The minimum Gasteiger partial charge on any atom is -0.494 e. The molecule has 0 fully saturated rings. The van der Waals surface area contributed by atoms with E-state index in [1.165, 1.54) is 6.07 Å². The van der Waals surface area contributed by atoms with Gasteiger partial charge in [-0.15, -0.1) is 0 Å². The number of para-hydroxylation sites is 2. The largest absolute Gasteiger partial charge is 0.494 e. The van der Waals surface area contributed by atoms with E-state index >= 15 is 0 Å². The van der Waals surface area contributed by atoms with Gasteiger partial charge in [-0.2, -0.15) is 0 Å². The van der Waals surface area contributed by atoms with Crippen LogP contribution in [0.1, 0.15) is 11.3 Å². The molecule has 1 heterocycles. The monoisotopic (exact) mass is 323 g/mol. The number of hydrogen-bond donors (Lipinski definition) is 0. The second-order valence-corrected chi connectivity index (χ2v) is 5.45. The normalized spacial score (nSPS) is 11.3. The topological polar surface area (TPSA) is 69.7 Å². The Kier molecular flexibility index (Phi) is 4.04. The van der Waals surface area contributed by atoms with Crippen LogP contribution in [0.3, 0.4) is 0 Å². The van der Waals surface area contributed by atoms with Crippen molar-refractivity contribution in [3.63, 3.8) is 0 Å². The zero-order valence-corrected chi connectivity index (χ0v) is 13.7. The standard InChI is InChI=1S/C18H17N3O3/c1-12-15(11-19-16-6-4-5-7-18(16)24-3)14-10-13(21(22)23)8-9-17(14)20(12)2/h4-11H,1-3H3. The zero-order chi connectivity index (χ0) is 17.3. The predicted molar refractivity (Wildman–Crippen MR) is 94.6 cm³/mol. The highest BCUT2D eigenvalue weighted by Crippen LogP contribution is 2.30. The van der Waals surface area contributed by atoms with Crippen LogP contribution in [0.2, 0.25) is 0 Å². The van der Waals surface area contributed by atoms with E-state index < -0.39 is 0 Å². The lowest BCUT2D eigenvalue weighted by atomic mass is 10.1. The van der Waals surface area contributed by atoms with Gasteiger partial charge in [0.1, 0.15) is 11.4 Å². The smallest absolute Gasteiger partial charge is 0.270 e. The summed E-state index contributed by atoms with van der Waals surface area (Å²) in [6.07, 6.45) is 1.74. The SMILES string of the molecule is COc1ccccc1N=Cc1c(C)n(C)c2ccc([N+](=O)[O-])cc12. The van der Waals surface area contributed by atoms with Crippen LogP contribution in [0, 0.1) is 17.0 Å². The van der Waals surface area contributed by atoms with Gasteiger partial charge >= 0.3 is 0 Å². The van der Waals surface area contributed by atoms with E-state index in [0.717, 1.165) is 22.2 Å². The number of aliphatic imine (C=N–C) groups is 1. The first-order valence-electron chi connectivity index (χ1n) is 7.43. The van der Waals surface area contributed by atoms with E-state index in [-0.39, 0.29) is 10.6 Å². The fraction of sp³-hybridized carbons (Fsp3) is 0.167. The Morgan fingerprint density at radius 2 is 2.00 bits per heavy atom. The Balaban J connectivity index is 2.15. The molecular weight excluding hydrogens is 306 g/mol. The van der Waals surface area contributed by atoms with Crippen LogP contribution in [-0.2, 0) is 7.05 Å². The van der Waals surface area contributed by atoms with Gasteiger partial charge < -0.3 is 9.30 Å². The summed E-state index contributed by atoms with van der Waals surface area (Å²) in [5.74, 6) is 0.678. The van der Waals surface area contributed by atoms with Crippen molar-refractivity contribution in [2.45, 2.75) is 6.92 Å². The molecule has 0 spiro atoms. The van der Waals surface area contributed by atoms with Gasteiger partial charge in [-0.3, -0.25) is 15.1 Å². The van der Waals surface area contributed by atoms with Gasteiger partial charge in [0.15, 0.2) is 0 Å². The lowest BCUT2D eigenvalue weighted by molar-refractivity contribution is -0.384. The van der Waals surface area contributed by atoms with E-state index in [4.69, 9.17) is 4.74 Å². The predicted octanol–water partition coefficient (Wildman–Crippen LogP) is 4.15. The van der Waals surface area contributed by atoms with Crippen LogP contribution in [-0.4, -0.2) is 22.8 Å². The molecule has 1 aromatic heterocycles. The lowest BCUT2D eigenvalue weighted by Crippen LogP contribution is -1.92. The summed E-state index contributed by atoms with van der Waals surface area (Å²) in [6.45, 7) is 1.97. The van der Waals surface area contributed by atoms with E-state index in [9.17, 15) is 10.1 Å². The third kappa shape index (κ3) is 2.62. The lowest BCUT2D eigenvalue weighted by Gasteiger charge is -2.03. The molecule has 0 saturated carbocycles. The first-order valence-corrected chi connectivity index (χ1v) is 7.43. The minimum atomic E-state index is -0.386. The molecule has 0 radical (unpaired) electrons. The molecule has 0 aliphatic heterocycles. The Morgan fingerprint density at radius 1 is 1.25 bits per heavy atom. The third-order valence-electron chi connectivity index (χ3n) is 4.15. The number of benzene rings is 2. The maximum absolute atomic E-state index is 11.1. The Labute approximate surface area is 139 Å². The van der Waals surface area contributed by atoms with Crippen LogP contribution < -0.4 is 4.74 Å². The van der Waals surface area contributed by atoms with Crippen molar-refractivity contribution >= 4 is 28.5 Å². The molecule has 6 heteroatoms. The number of hydrogen-bond acceptors (Lipinski definition) is 4. The Morgan fingerprint density at radius 3 is 2.71 bits per heavy atom. The average Bonchev–Trinajstić information content (AvgIpc) is 2.83. The van der Waals surface area contributed by atoms with Gasteiger partial charge in [0.05, 0.1) is 12.0 Å². The summed E-state index contributed by atoms with van der Waals surface area (Å²) in [6, 6.07) is 12.3. The van der Waals surface area contributed by atoms with E-state index in [1.807, 2.05) is 42.8 Å². The van der Waals surface area contributed by atoms with Gasteiger partial charge in [0.2, 0.25) is 0 Å². The molecule has 0 bridgehead atoms. The first kappa shape index (κ1) is 15.7. The molecule has 0 unspecified atom stereocenters. The van der Waals surface area contributed by atoms with Crippen molar-refractivity contribution in [1.29, 1.82) is 0 Å². The van der Waals surface area contributed by atoms with Crippen molar-refractivity contribution in [3.05, 3.63) is 63.8 Å². The molecule has 3 rings (SSSR count). The summed E-state index contributed by atoms with van der Waals surface area (Å²) < 4.78 is 7.30. The van der Waals surface area contributed by atoms with Gasteiger partial charge in [-0.25, -0.2) is 0 Å². The van der Waals surface area contributed by atoms with Crippen LogP contribution in [0.15, 0.2) is 47.5 Å². The maximum atomic E-state index is 11.1. The van der Waals surface area contributed by atoms with Gasteiger partial charge in [-0.1, -0.05) is 12.1 Å². The fourth-order valence-corrected chi connectivity index (χ4v) is 2.74. The van der Waals surface area contributed by atoms with Gasteiger partial charge in [0.25, 0.3) is 5.69 Å². The molecule has 0 aliphatic carbocycles. The molecule has 0 amide bonds. The van der Waals surface area contributed by atoms with Crippen molar-refractivity contribution in [1.82, 2.24) is 4.57 Å². The Hall–Kier alpha value is -3.15. The van der Waals surface area contributed by atoms with Gasteiger partial charge in [-0.05, 0) is 25.1 Å². The number of nitrogens with zero attached hydrogens (tertiary/aromatic N) is 3. The molecule has 24 heavy (non-hydrogen) atoms. The zero-order valence-electron chi connectivity index (χ0n) is 13.7. The highest BCUT2D eigenvalue weighted by Gasteiger charge is 2.14. The minimum absolute atomic E-state index is 0.0695. The molecule has 6 nitrogen and oxygen atoms in total. The number of nitro groups is 1. The molecule has 0 aliphatic rings. The maximum Gasteiger partial charge on any atom is 0.270 e. The molecule has 0 N–H and O–H groups in total. The van der Waals surface area contributed by atoms with Crippen LogP contribution in [0.4, 0.5) is 11.4 Å². The highest BCUT2D eigenvalue weighted by molar-refractivity contribution is 6.02.